The molecule has 34 heavy (non-hydrogen) atoms. The summed E-state index contributed by atoms with van der Waals surface area (Å²) in [5, 5.41) is 5.49. The summed E-state index contributed by atoms with van der Waals surface area (Å²) in [4.78, 5) is 39.9. The molecule has 9 nitrogen and oxygen atoms in total. The molecule has 1 fully saturated rings. The molecule has 1 saturated heterocycles. The highest BCUT2D eigenvalue weighted by molar-refractivity contribution is 5.92. The Balaban J connectivity index is 2.00. The van der Waals surface area contributed by atoms with E-state index in [9.17, 15) is 14.4 Å². The fourth-order valence-electron chi connectivity index (χ4n) is 3.34. The summed E-state index contributed by atoms with van der Waals surface area (Å²) in [5.74, 6) is -0.868. The molecule has 0 saturated carbocycles. The molecule has 1 heterocycles. The molecule has 2 amide bonds. The maximum atomic E-state index is 12.7. The quantitative estimate of drug-likeness (QED) is 0.552. The Morgan fingerprint density at radius 2 is 1.62 bits per heavy atom. The van der Waals surface area contributed by atoms with Crippen LogP contribution >= 0.6 is 0 Å². The van der Waals surface area contributed by atoms with E-state index in [1.807, 2.05) is 24.3 Å². The van der Waals surface area contributed by atoms with Crippen LogP contribution in [0.5, 0.6) is 0 Å². The second-order valence-electron chi connectivity index (χ2n) is 10.4. The van der Waals surface area contributed by atoms with Crippen LogP contribution in [0.3, 0.4) is 0 Å². The Hall–Kier alpha value is -2.65. The first-order chi connectivity index (χ1) is 15.8. The van der Waals surface area contributed by atoms with Gasteiger partial charge in [0.15, 0.2) is 0 Å². The summed E-state index contributed by atoms with van der Waals surface area (Å²) < 4.78 is 16.1. The lowest BCUT2D eigenvalue weighted by atomic mass is 10.1. The second-order valence-corrected chi connectivity index (χ2v) is 10.4. The average molecular weight is 478 g/mol. The van der Waals surface area contributed by atoms with Crippen molar-refractivity contribution >= 4 is 23.7 Å². The molecular formula is C25H39N3O6. The van der Waals surface area contributed by atoms with E-state index < -0.39 is 29.3 Å². The van der Waals surface area contributed by atoms with Gasteiger partial charge in [-0.3, -0.25) is 9.69 Å². The smallest absolute Gasteiger partial charge is 0.408 e. The standard InChI is InChI=1S/C25H39N3O6/c1-24(2,3)33-22(30)20(27-23(31)34-25(4,5)6)11-12-21(29)26-19-10-8-7-9-18(19)17-28-13-15-32-16-14-28/h7-10,20H,11-17H2,1-6H3,(H,26,29)(H,27,31). The number of benzene rings is 1. The first kappa shape index (κ1) is 27.6. The van der Waals surface area contributed by atoms with Gasteiger partial charge in [-0.05, 0) is 59.6 Å². The van der Waals surface area contributed by atoms with Gasteiger partial charge >= 0.3 is 12.1 Å². The van der Waals surface area contributed by atoms with Crippen LogP contribution in [0, 0.1) is 0 Å². The lowest BCUT2D eigenvalue weighted by molar-refractivity contribution is -0.157. The van der Waals surface area contributed by atoms with Gasteiger partial charge in [-0.2, -0.15) is 0 Å². The zero-order valence-corrected chi connectivity index (χ0v) is 21.2. The fraction of sp³-hybridized carbons (Fsp3) is 0.640. The van der Waals surface area contributed by atoms with Crippen molar-refractivity contribution in [2.24, 2.45) is 0 Å². The number of hydrogen-bond acceptors (Lipinski definition) is 7. The molecule has 2 N–H and O–H groups in total. The van der Waals surface area contributed by atoms with E-state index in [4.69, 9.17) is 14.2 Å². The number of alkyl carbamates (subject to hydrolysis) is 1. The number of rotatable bonds is 8. The second kappa shape index (κ2) is 12.2. The molecule has 1 aliphatic heterocycles. The Morgan fingerprint density at radius 3 is 2.24 bits per heavy atom. The van der Waals surface area contributed by atoms with Crippen molar-refractivity contribution in [2.45, 2.75) is 78.2 Å². The molecule has 1 aromatic rings. The minimum absolute atomic E-state index is 0.0194. The summed E-state index contributed by atoms with van der Waals surface area (Å²) in [7, 11) is 0. The monoisotopic (exact) mass is 477 g/mol. The molecule has 0 aliphatic carbocycles. The highest BCUT2D eigenvalue weighted by atomic mass is 16.6. The minimum atomic E-state index is -1.01. The fourth-order valence-corrected chi connectivity index (χ4v) is 3.34. The van der Waals surface area contributed by atoms with E-state index in [0.29, 0.717) is 19.8 Å². The van der Waals surface area contributed by atoms with Crippen LogP contribution in [0.15, 0.2) is 24.3 Å². The number of carbonyl (C=O) groups excluding carboxylic acids is 3. The van der Waals surface area contributed by atoms with E-state index in [1.165, 1.54) is 0 Å². The Bertz CT molecular complexity index is 838. The van der Waals surface area contributed by atoms with Crippen LogP contribution in [0.25, 0.3) is 0 Å². The summed E-state index contributed by atoms with van der Waals surface area (Å²) in [5.41, 5.74) is 0.289. The first-order valence-corrected chi connectivity index (χ1v) is 11.7. The highest BCUT2D eigenvalue weighted by Crippen LogP contribution is 2.19. The number of ether oxygens (including phenoxy) is 3. The van der Waals surface area contributed by atoms with Gasteiger partial charge in [0.05, 0.1) is 13.2 Å². The van der Waals surface area contributed by atoms with Crippen LogP contribution < -0.4 is 10.6 Å². The van der Waals surface area contributed by atoms with Crippen molar-refractivity contribution in [3.63, 3.8) is 0 Å². The normalized spacial score (nSPS) is 15.8. The number of esters is 1. The molecule has 1 atom stereocenters. The molecule has 0 spiro atoms. The Labute approximate surface area is 202 Å². The molecule has 0 radical (unpaired) electrons. The van der Waals surface area contributed by atoms with Crippen LogP contribution in [0.4, 0.5) is 10.5 Å². The molecular weight excluding hydrogens is 438 g/mol. The molecule has 0 bridgehead atoms. The van der Waals surface area contributed by atoms with Crippen LogP contribution in [-0.2, 0) is 30.3 Å². The van der Waals surface area contributed by atoms with E-state index in [-0.39, 0.29) is 18.7 Å². The third-order valence-corrected chi connectivity index (χ3v) is 4.83. The topological polar surface area (TPSA) is 106 Å². The third-order valence-electron chi connectivity index (χ3n) is 4.83. The van der Waals surface area contributed by atoms with Gasteiger partial charge in [0.25, 0.3) is 0 Å². The van der Waals surface area contributed by atoms with E-state index in [0.717, 1.165) is 24.3 Å². The van der Waals surface area contributed by atoms with Gasteiger partial charge in [-0.1, -0.05) is 18.2 Å². The average Bonchev–Trinajstić information content (AvgIpc) is 2.70. The highest BCUT2D eigenvalue weighted by Gasteiger charge is 2.29. The number of morpholine rings is 1. The molecule has 1 aromatic carbocycles. The predicted octanol–water partition coefficient (Wildman–Crippen LogP) is 3.47. The molecule has 190 valence electrons. The number of anilines is 1. The zero-order valence-electron chi connectivity index (χ0n) is 21.2. The van der Waals surface area contributed by atoms with Gasteiger partial charge in [0.1, 0.15) is 17.2 Å². The van der Waals surface area contributed by atoms with Gasteiger partial charge in [0, 0.05) is 31.7 Å². The lowest BCUT2D eigenvalue weighted by Crippen LogP contribution is -2.46. The van der Waals surface area contributed by atoms with E-state index >= 15 is 0 Å². The van der Waals surface area contributed by atoms with Gasteiger partial charge in [0.2, 0.25) is 5.91 Å². The third kappa shape index (κ3) is 10.5. The maximum absolute atomic E-state index is 12.7. The Morgan fingerprint density at radius 1 is 1.00 bits per heavy atom. The number of carbonyl (C=O) groups is 3. The minimum Gasteiger partial charge on any atom is -0.458 e. The SMILES string of the molecule is CC(C)(C)OC(=O)NC(CCC(=O)Nc1ccccc1CN1CCOCC1)C(=O)OC(C)(C)C. The van der Waals surface area contributed by atoms with Crippen molar-refractivity contribution in [1.29, 1.82) is 0 Å². The summed E-state index contributed by atoms with van der Waals surface area (Å²) in [6.45, 7) is 14.2. The zero-order chi connectivity index (χ0) is 25.4. The summed E-state index contributed by atoms with van der Waals surface area (Å²) >= 11 is 0. The lowest BCUT2D eigenvalue weighted by Gasteiger charge is -2.27. The number of hydrogen-bond donors (Lipinski definition) is 2. The van der Waals surface area contributed by atoms with Crippen molar-refractivity contribution in [1.82, 2.24) is 10.2 Å². The van der Waals surface area contributed by atoms with Gasteiger partial charge < -0.3 is 24.8 Å². The predicted molar refractivity (Wildman–Crippen MR) is 129 cm³/mol. The van der Waals surface area contributed by atoms with Crippen molar-refractivity contribution in [3.8, 4) is 0 Å². The molecule has 0 aromatic heterocycles. The molecule has 1 aliphatic rings. The first-order valence-electron chi connectivity index (χ1n) is 11.7. The van der Waals surface area contributed by atoms with Crippen LogP contribution in [-0.4, -0.2) is 66.4 Å². The van der Waals surface area contributed by atoms with Crippen molar-refractivity contribution in [2.75, 3.05) is 31.6 Å². The van der Waals surface area contributed by atoms with E-state index in [2.05, 4.69) is 15.5 Å². The van der Waals surface area contributed by atoms with Gasteiger partial charge in [-0.15, -0.1) is 0 Å². The van der Waals surface area contributed by atoms with Crippen molar-refractivity contribution < 1.29 is 28.6 Å². The van der Waals surface area contributed by atoms with E-state index in [1.54, 1.807) is 41.5 Å². The molecule has 1 unspecified atom stereocenters. The number of nitrogens with one attached hydrogen (secondary N) is 2. The van der Waals surface area contributed by atoms with Crippen molar-refractivity contribution in [3.05, 3.63) is 29.8 Å². The number of amides is 2. The van der Waals surface area contributed by atoms with Crippen LogP contribution in [0.1, 0.15) is 59.9 Å². The molecule has 9 heteroatoms. The number of nitrogens with zero attached hydrogens (tertiary/aromatic N) is 1. The largest absolute Gasteiger partial charge is 0.458 e. The van der Waals surface area contributed by atoms with Gasteiger partial charge in [-0.25, -0.2) is 9.59 Å². The van der Waals surface area contributed by atoms with Crippen LogP contribution in [0.2, 0.25) is 0 Å². The Kier molecular flexibility index (Phi) is 9.88. The maximum Gasteiger partial charge on any atom is 0.408 e. The molecule has 2 rings (SSSR count). The summed E-state index contributed by atoms with van der Waals surface area (Å²) in [6.07, 6.45) is -0.642. The number of para-hydroxylation sites is 1. The summed E-state index contributed by atoms with van der Waals surface area (Å²) in [6, 6.07) is 6.64.